The van der Waals surface area contributed by atoms with Gasteiger partial charge in [0.2, 0.25) is 17.7 Å². The molecule has 2 aromatic carbocycles. The van der Waals surface area contributed by atoms with Gasteiger partial charge in [-0.15, -0.1) is 0 Å². The summed E-state index contributed by atoms with van der Waals surface area (Å²) < 4.78 is 0. The Morgan fingerprint density at radius 2 is 1.71 bits per heavy atom. The first-order valence-corrected chi connectivity index (χ1v) is 9.37. The molecule has 1 aliphatic rings. The third kappa shape index (κ3) is 3.81. The molecule has 6 nitrogen and oxygen atoms in total. The first kappa shape index (κ1) is 18.0. The SMILES string of the molecule is O=C(CCc1c[nH]c2ccccc12)Nc1ccc(CN2C(=O)CCC2=O)cc1. The normalized spacial score (nSPS) is 14.1. The van der Waals surface area contributed by atoms with E-state index >= 15 is 0 Å². The highest BCUT2D eigenvalue weighted by Gasteiger charge is 2.28. The molecular weight excluding hydrogens is 354 g/mol. The van der Waals surface area contributed by atoms with E-state index in [1.165, 1.54) is 4.90 Å². The van der Waals surface area contributed by atoms with Gasteiger partial charge in [0.05, 0.1) is 6.54 Å². The number of nitrogens with one attached hydrogen (secondary N) is 2. The maximum Gasteiger partial charge on any atom is 0.229 e. The van der Waals surface area contributed by atoms with Crippen molar-refractivity contribution >= 4 is 34.3 Å². The number of hydrogen-bond acceptors (Lipinski definition) is 3. The van der Waals surface area contributed by atoms with Crippen LogP contribution in [0.15, 0.2) is 54.7 Å². The molecule has 6 heteroatoms. The summed E-state index contributed by atoms with van der Waals surface area (Å²) >= 11 is 0. The van der Waals surface area contributed by atoms with Gasteiger partial charge in [0.1, 0.15) is 0 Å². The minimum atomic E-state index is -0.125. The molecule has 142 valence electrons. The van der Waals surface area contributed by atoms with Crippen molar-refractivity contribution in [1.29, 1.82) is 0 Å². The predicted molar refractivity (Wildman–Crippen MR) is 106 cm³/mol. The Morgan fingerprint density at radius 3 is 2.46 bits per heavy atom. The average molecular weight is 375 g/mol. The number of hydrogen-bond donors (Lipinski definition) is 2. The molecule has 0 bridgehead atoms. The summed E-state index contributed by atoms with van der Waals surface area (Å²) in [6, 6.07) is 15.3. The van der Waals surface area contributed by atoms with Gasteiger partial charge in [-0.25, -0.2) is 0 Å². The van der Waals surface area contributed by atoms with E-state index in [9.17, 15) is 14.4 Å². The second-order valence-corrected chi connectivity index (χ2v) is 6.98. The van der Waals surface area contributed by atoms with Crippen LogP contribution in [-0.2, 0) is 27.3 Å². The standard InChI is InChI=1S/C22H21N3O3/c26-20(10-7-16-13-23-19-4-2-1-3-18(16)19)24-17-8-5-15(6-9-17)14-25-21(27)11-12-22(25)28/h1-6,8-9,13,23H,7,10-12,14H2,(H,24,26). The molecule has 0 aliphatic carbocycles. The molecule has 28 heavy (non-hydrogen) atoms. The number of anilines is 1. The largest absolute Gasteiger partial charge is 0.361 e. The average Bonchev–Trinajstić information content (AvgIpc) is 3.26. The van der Waals surface area contributed by atoms with Gasteiger partial charge < -0.3 is 10.3 Å². The number of aromatic nitrogens is 1. The maximum atomic E-state index is 12.3. The molecule has 2 N–H and O–H groups in total. The third-order valence-electron chi connectivity index (χ3n) is 5.03. The summed E-state index contributed by atoms with van der Waals surface area (Å²) in [6.45, 7) is 0.284. The smallest absolute Gasteiger partial charge is 0.229 e. The maximum absolute atomic E-state index is 12.3. The number of imide groups is 1. The lowest BCUT2D eigenvalue weighted by molar-refractivity contribution is -0.139. The fourth-order valence-electron chi connectivity index (χ4n) is 3.49. The van der Waals surface area contributed by atoms with Crippen LogP contribution in [0.2, 0.25) is 0 Å². The first-order valence-electron chi connectivity index (χ1n) is 9.37. The molecule has 0 radical (unpaired) electrons. The molecule has 1 fully saturated rings. The van der Waals surface area contributed by atoms with Gasteiger partial charge in [-0.2, -0.15) is 0 Å². The summed E-state index contributed by atoms with van der Waals surface area (Å²) in [5, 5.41) is 4.04. The van der Waals surface area contributed by atoms with Crippen LogP contribution in [0.3, 0.4) is 0 Å². The molecule has 1 aliphatic heterocycles. The Hall–Kier alpha value is -3.41. The molecule has 0 unspecified atom stereocenters. The summed E-state index contributed by atoms with van der Waals surface area (Å²) in [5.41, 5.74) is 3.76. The van der Waals surface area contributed by atoms with Gasteiger partial charge in [0.15, 0.2) is 0 Å². The fourth-order valence-corrected chi connectivity index (χ4v) is 3.49. The van der Waals surface area contributed by atoms with Crippen LogP contribution in [0.1, 0.15) is 30.4 Å². The summed E-state index contributed by atoms with van der Waals surface area (Å²) in [6.07, 6.45) is 3.59. The highest BCUT2D eigenvalue weighted by Crippen LogP contribution is 2.20. The Bertz CT molecular complexity index is 1020. The monoisotopic (exact) mass is 375 g/mol. The van der Waals surface area contributed by atoms with Crippen LogP contribution in [0.5, 0.6) is 0 Å². The Kier molecular flexibility index (Phi) is 4.93. The number of fused-ring (bicyclic) bond motifs is 1. The molecule has 1 aromatic heterocycles. The van der Waals surface area contributed by atoms with Crippen LogP contribution in [0.4, 0.5) is 5.69 Å². The van der Waals surface area contributed by atoms with Crippen molar-refractivity contribution in [3.63, 3.8) is 0 Å². The van der Waals surface area contributed by atoms with E-state index in [1.807, 2.05) is 42.6 Å². The third-order valence-corrected chi connectivity index (χ3v) is 5.03. The number of aromatic amines is 1. The highest BCUT2D eigenvalue weighted by atomic mass is 16.2. The van der Waals surface area contributed by atoms with Crippen molar-refractivity contribution in [2.45, 2.75) is 32.2 Å². The second-order valence-electron chi connectivity index (χ2n) is 6.98. The number of likely N-dealkylation sites (tertiary alicyclic amines) is 1. The van der Waals surface area contributed by atoms with Crippen LogP contribution >= 0.6 is 0 Å². The quantitative estimate of drug-likeness (QED) is 0.648. The molecule has 3 aromatic rings. The van der Waals surface area contributed by atoms with Gasteiger partial charge in [0, 0.05) is 42.0 Å². The van der Waals surface area contributed by atoms with E-state index in [2.05, 4.69) is 10.3 Å². The van der Waals surface area contributed by atoms with Gasteiger partial charge in [-0.1, -0.05) is 30.3 Å². The zero-order valence-electron chi connectivity index (χ0n) is 15.4. The lowest BCUT2D eigenvalue weighted by Crippen LogP contribution is -2.28. The van der Waals surface area contributed by atoms with E-state index in [0.717, 1.165) is 22.0 Å². The van der Waals surface area contributed by atoms with Crippen molar-refractivity contribution < 1.29 is 14.4 Å². The van der Waals surface area contributed by atoms with Crippen LogP contribution < -0.4 is 5.32 Å². The van der Waals surface area contributed by atoms with E-state index in [0.29, 0.717) is 31.4 Å². The summed E-state index contributed by atoms with van der Waals surface area (Å²) in [7, 11) is 0. The first-order chi connectivity index (χ1) is 13.6. The summed E-state index contributed by atoms with van der Waals surface area (Å²) in [4.78, 5) is 40.2. The Balaban J connectivity index is 1.32. The zero-order chi connectivity index (χ0) is 19.5. The number of amides is 3. The van der Waals surface area contributed by atoms with Crippen molar-refractivity contribution in [1.82, 2.24) is 9.88 Å². The van der Waals surface area contributed by atoms with Crippen molar-refractivity contribution in [3.05, 3.63) is 65.9 Å². The summed E-state index contributed by atoms with van der Waals surface area (Å²) in [5.74, 6) is -0.303. The van der Waals surface area contributed by atoms with Crippen molar-refractivity contribution in [3.8, 4) is 0 Å². The van der Waals surface area contributed by atoms with Crippen LogP contribution in [0, 0.1) is 0 Å². The predicted octanol–water partition coefficient (Wildman–Crippen LogP) is 3.39. The number of carbonyl (C=O) groups is 3. The van der Waals surface area contributed by atoms with Gasteiger partial charge in [-0.3, -0.25) is 19.3 Å². The van der Waals surface area contributed by atoms with Gasteiger partial charge >= 0.3 is 0 Å². The Labute approximate surface area is 162 Å². The molecule has 0 saturated carbocycles. The molecular formula is C22H21N3O3. The van der Waals surface area contributed by atoms with E-state index < -0.39 is 0 Å². The van der Waals surface area contributed by atoms with E-state index in [4.69, 9.17) is 0 Å². The molecule has 2 heterocycles. The Morgan fingerprint density at radius 1 is 1.00 bits per heavy atom. The minimum Gasteiger partial charge on any atom is -0.361 e. The number of para-hydroxylation sites is 1. The minimum absolute atomic E-state index is 0.0528. The lowest BCUT2D eigenvalue weighted by atomic mass is 10.1. The molecule has 1 saturated heterocycles. The fraction of sp³-hybridized carbons (Fsp3) is 0.227. The van der Waals surface area contributed by atoms with Crippen molar-refractivity contribution in [2.75, 3.05) is 5.32 Å². The molecule has 3 amide bonds. The zero-order valence-corrected chi connectivity index (χ0v) is 15.4. The van der Waals surface area contributed by atoms with E-state index in [-0.39, 0.29) is 24.3 Å². The number of nitrogens with zero attached hydrogens (tertiary/aromatic N) is 1. The second kappa shape index (κ2) is 7.68. The highest BCUT2D eigenvalue weighted by molar-refractivity contribution is 6.01. The van der Waals surface area contributed by atoms with Crippen LogP contribution in [0.25, 0.3) is 10.9 Å². The van der Waals surface area contributed by atoms with E-state index in [1.54, 1.807) is 12.1 Å². The molecule has 4 rings (SSSR count). The number of benzene rings is 2. The number of carbonyl (C=O) groups excluding carboxylic acids is 3. The van der Waals surface area contributed by atoms with Gasteiger partial charge in [0.25, 0.3) is 0 Å². The van der Waals surface area contributed by atoms with Crippen molar-refractivity contribution in [2.24, 2.45) is 0 Å². The number of aryl methyl sites for hydroxylation is 1. The topological polar surface area (TPSA) is 82.3 Å². The van der Waals surface area contributed by atoms with Crippen LogP contribution in [-0.4, -0.2) is 27.6 Å². The van der Waals surface area contributed by atoms with Gasteiger partial charge in [-0.05, 0) is 35.7 Å². The molecule has 0 spiro atoms. The lowest BCUT2D eigenvalue weighted by Gasteiger charge is -2.14. The molecule has 0 atom stereocenters. The number of rotatable bonds is 6. The number of H-pyrrole nitrogens is 1.